The van der Waals surface area contributed by atoms with Crippen molar-refractivity contribution in [2.45, 2.75) is 18.7 Å². The first-order valence-electron chi connectivity index (χ1n) is 7.25. The molecule has 0 radical (unpaired) electrons. The van der Waals surface area contributed by atoms with Gasteiger partial charge in [-0.25, -0.2) is 8.42 Å². The number of pyridine rings is 1. The van der Waals surface area contributed by atoms with Crippen LogP contribution >= 0.6 is 0 Å². The molecule has 4 rings (SSSR count). The highest BCUT2D eigenvalue weighted by Gasteiger charge is 2.63. The van der Waals surface area contributed by atoms with Gasteiger partial charge in [0, 0.05) is 30.9 Å². The van der Waals surface area contributed by atoms with Gasteiger partial charge in [0.1, 0.15) is 0 Å². The normalized spacial score (nSPS) is 27.7. The van der Waals surface area contributed by atoms with Crippen molar-refractivity contribution in [1.29, 1.82) is 0 Å². The van der Waals surface area contributed by atoms with Crippen LogP contribution in [0.2, 0.25) is 0 Å². The van der Waals surface area contributed by atoms with Crippen LogP contribution in [-0.4, -0.2) is 30.8 Å². The summed E-state index contributed by atoms with van der Waals surface area (Å²) in [7, 11) is -3.42. The molecule has 2 fully saturated rings. The zero-order valence-corrected chi connectivity index (χ0v) is 13.0. The molecule has 0 N–H and O–H groups in total. The number of hydrogen-bond acceptors (Lipinski definition) is 3. The highest BCUT2D eigenvalue weighted by Crippen LogP contribution is 2.62. The van der Waals surface area contributed by atoms with Gasteiger partial charge in [0.2, 0.25) is 10.0 Å². The Morgan fingerprint density at radius 2 is 1.90 bits per heavy atom. The Bertz CT molecular complexity index is 810. The molecule has 2 atom stereocenters. The lowest BCUT2D eigenvalue weighted by Gasteiger charge is -2.22. The van der Waals surface area contributed by atoms with Gasteiger partial charge in [0.25, 0.3) is 0 Å². The fourth-order valence-electron chi connectivity index (χ4n) is 3.74. The summed E-state index contributed by atoms with van der Waals surface area (Å²) in [6.07, 6.45) is 3.33. The quantitative estimate of drug-likeness (QED) is 0.856. The summed E-state index contributed by atoms with van der Waals surface area (Å²) in [6.45, 7) is 5.76. The number of aromatic nitrogens is 1. The molecule has 2 aromatic rings. The molecule has 1 saturated heterocycles. The average molecular weight is 302 g/mol. The van der Waals surface area contributed by atoms with Crippen LogP contribution in [0.15, 0.2) is 41.6 Å². The first kappa shape index (κ1) is 13.2. The number of nitrogens with zero attached hydrogens (tertiary/aromatic N) is 2. The second-order valence-corrected chi connectivity index (χ2v) is 8.62. The van der Waals surface area contributed by atoms with Gasteiger partial charge in [0.05, 0.1) is 4.90 Å². The maximum absolute atomic E-state index is 12.9. The molecule has 2 unspecified atom stereocenters. The molecule has 1 aliphatic carbocycles. The molecule has 0 spiro atoms. The van der Waals surface area contributed by atoms with E-state index in [0.717, 1.165) is 5.39 Å². The molecule has 2 aliphatic rings. The van der Waals surface area contributed by atoms with Gasteiger partial charge in [0.15, 0.2) is 0 Å². The molecule has 1 aromatic heterocycles. The lowest BCUT2D eigenvalue weighted by Crippen LogP contribution is -2.33. The summed E-state index contributed by atoms with van der Waals surface area (Å²) in [4.78, 5) is 4.46. The Kier molecular flexibility index (Phi) is 2.55. The predicted octanol–water partition coefficient (Wildman–Crippen LogP) is 2.51. The van der Waals surface area contributed by atoms with E-state index in [0.29, 0.717) is 40.6 Å². The summed E-state index contributed by atoms with van der Waals surface area (Å²) >= 11 is 0. The number of benzene rings is 1. The predicted molar refractivity (Wildman–Crippen MR) is 81.3 cm³/mol. The third-order valence-corrected chi connectivity index (χ3v) is 7.24. The van der Waals surface area contributed by atoms with Crippen LogP contribution < -0.4 is 0 Å². The Morgan fingerprint density at radius 3 is 2.62 bits per heavy atom. The third kappa shape index (κ3) is 1.77. The minimum atomic E-state index is -3.42. The van der Waals surface area contributed by atoms with Crippen LogP contribution in [0, 0.1) is 17.3 Å². The standard InChI is InChI=1S/C16H18N2O2S/c1-16(2)13-9-18(10-14(13)16)21(19,20)15-5-3-4-11-6-7-17-8-12(11)15/h3-8,13-14H,9-10H2,1-2H3. The molecule has 2 heterocycles. The van der Waals surface area contributed by atoms with Crippen LogP contribution in [-0.2, 0) is 10.0 Å². The van der Waals surface area contributed by atoms with Gasteiger partial charge in [-0.3, -0.25) is 4.98 Å². The highest BCUT2D eigenvalue weighted by molar-refractivity contribution is 7.89. The minimum Gasteiger partial charge on any atom is -0.264 e. The van der Waals surface area contributed by atoms with Crippen molar-refractivity contribution < 1.29 is 8.42 Å². The number of sulfonamides is 1. The van der Waals surface area contributed by atoms with Crippen LogP contribution in [0.5, 0.6) is 0 Å². The van der Waals surface area contributed by atoms with Crippen LogP contribution in [0.3, 0.4) is 0 Å². The third-order valence-electron chi connectivity index (χ3n) is 5.35. The maximum Gasteiger partial charge on any atom is 0.243 e. The lowest BCUT2D eigenvalue weighted by molar-refractivity contribution is 0.364. The van der Waals surface area contributed by atoms with Gasteiger partial charge < -0.3 is 0 Å². The van der Waals surface area contributed by atoms with Crippen molar-refractivity contribution in [2.75, 3.05) is 13.1 Å². The molecular formula is C16H18N2O2S. The zero-order valence-electron chi connectivity index (χ0n) is 12.2. The smallest absolute Gasteiger partial charge is 0.243 e. The average Bonchev–Trinajstić information content (AvgIpc) is 2.83. The number of fused-ring (bicyclic) bond motifs is 2. The van der Waals surface area contributed by atoms with Crippen LogP contribution in [0.4, 0.5) is 0 Å². The topological polar surface area (TPSA) is 50.3 Å². The molecule has 5 heteroatoms. The summed E-state index contributed by atoms with van der Waals surface area (Å²) in [5.41, 5.74) is 0.312. The molecule has 0 amide bonds. The van der Waals surface area contributed by atoms with Gasteiger partial charge in [-0.1, -0.05) is 26.0 Å². The SMILES string of the molecule is CC1(C)C2CN(S(=O)(=O)c3cccc4ccncc34)CC21. The van der Waals surface area contributed by atoms with E-state index in [1.807, 2.05) is 12.1 Å². The first-order valence-corrected chi connectivity index (χ1v) is 8.69. The molecule has 21 heavy (non-hydrogen) atoms. The Balaban J connectivity index is 1.75. The van der Waals surface area contributed by atoms with E-state index in [2.05, 4.69) is 18.8 Å². The second kappa shape index (κ2) is 4.05. The van der Waals surface area contributed by atoms with Crippen molar-refractivity contribution in [2.24, 2.45) is 17.3 Å². The molecule has 0 bridgehead atoms. The fourth-order valence-corrected chi connectivity index (χ4v) is 5.43. The van der Waals surface area contributed by atoms with Crippen molar-refractivity contribution >= 4 is 20.8 Å². The molecule has 1 saturated carbocycles. The van der Waals surface area contributed by atoms with Crippen molar-refractivity contribution in [3.05, 3.63) is 36.7 Å². The summed E-state index contributed by atoms with van der Waals surface area (Å²) in [5, 5.41) is 1.62. The first-order chi connectivity index (χ1) is 9.92. The van der Waals surface area contributed by atoms with Crippen LogP contribution in [0.1, 0.15) is 13.8 Å². The Labute approximate surface area is 124 Å². The highest BCUT2D eigenvalue weighted by atomic mass is 32.2. The maximum atomic E-state index is 12.9. The lowest BCUT2D eigenvalue weighted by atomic mass is 10.1. The van der Waals surface area contributed by atoms with Gasteiger partial charge in [-0.2, -0.15) is 4.31 Å². The zero-order chi connectivity index (χ0) is 14.8. The summed E-state index contributed by atoms with van der Waals surface area (Å²) in [5.74, 6) is 1.03. The second-order valence-electron chi connectivity index (χ2n) is 6.71. The number of hydrogen-bond donors (Lipinski definition) is 0. The van der Waals surface area contributed by atoms with Gasteiger partial charge >= 0.3 is 0 Å². The van der Waals surface area contributed by atoms with E-state index in [9.17, 15) is 8.42 Å². The van der Waals surface area contributed by atoms with E-state index < -0.39 is 10.0 Å². The monoisotopic (exact) mass is 302 g/mol. The van der Waals surface area contributed by atoms with Gasteiger partial charge in [-0.15, -0.1) is 0 Å². The molecule has 4 nitrogen and oxygen atoms in total. The molecule has 1 aromatic carbocycles. The van der Waals surface area contributed by atoms with E-state index >= 15 is 0 Å². The van der Waals surface area contributed by atoms with Crippen molar-refractivity contribution in [3.63, 3.8) is 0 Å². The van der Waals surface area contributed by atoms with Crippen molar-refractivity contribution in [3.8, 4) is 0 Å². The van der Waals surface area contributed by atoms with Crippen molar-refractivity contribution in [1.82, 2.24) is 9.29 Å². The Morgan fingerprint density at radius 1 is 1.19 bits per heavy atom. The van der Waals surface area contributed by atoms with E-state index in [1.165, 1.54) is 0 Å². The van der Waals surface area contributed by atoms with Crippen LogP contribution in [0.25, 0.3) is 10.8 Å². The van der Waals surface area contributed by atoms with Gasteiger partial charge in [-0.05, 0) is 34.8 Å². The van der Waals surface area contributed by atoms with E-state index in [1.54, 1.807) is 28.8 Å². The summed E-state index contributed by atoms with van der Waals surface area (Å²) < 4.78 is 27.5. The number of rotatable bonds is 2. The Hall–Kier alpha value is -1.46. The largest absolute Gasteiger partial charge is 0.264 e. The number of piperidine rings is 1. The van der Waals surface area contributed by atoms with E-state index in [4.69, 9.17) is 0 Å². The molecule has 1 aliphatic heterocycles. The van der Waals surface area contributed by atoms with E-state index in [-0.39, 0.29) is 0 Å². The summed E-state index contributed by atoms with van der Waals surface area (Å²) in [6, 6.07) is 7.25. The molecular weight excluding hydrogens is 284 g/mol. The molecule has 110 valence electrons. The minimum absolute atomic E-state index is 0.312. The fraction of sp³-hybridized carbons (Fsp3) is 0.438.